The van der Waals surface area contributed by atoms with E-state index in [0.29, 0.717) is 22.4 Å². The summed E-state index contributed by atoms with van der Waals surface area (Å²) in [6, 6.07) is 11.7. The minimum atomic E-state index is -0.571. The van der Waals surface area contributed by atoms with Crippen molar-refractivity contribution in [3.63, 3.8) is 0 Å². The van der Waals surface area contributed by atoms with Crippen molar-refractivity contribution in [2.75, 3.05) is 5.73 Å². The van der Waals surface area contributed by atoms with Gasteiger partial charge in [-0.1, -0.05) is 6.07 Å². The first kappa shape index (κ1) is 20.0. The number of nitrogen functional groups attached to an aromatic ring is 1. The lowest BCUT2D eigenvalue weighted by Gasteiger charge is -2.21. The van der Waals surface area contributed by atoms with Gasteiger partial charge in [0.2, 0.25) is 0 Å². The van der Waals surface area contributed by atoms with E-state index in [1.165, 1.54) is 18.3 Å². The Morgan fingerprint density at radius 2 is 2.13 bits per heavy atom. The molecule has 2 aromatic heterocycles. The molecule has 0 fully saturated rings. The SMILES string of the molecule is CC1Oc2cc(cnc2N)C(C(C#N)=NN)=NCc2cccnc2-c2ccc(F)cc21. The molecule has 0 radical (unpaired) electrons. The first-order valence-electron chi connectivity index (χ1n) is 9.41. The third-order valence-corrected chi connectivity index (χ3v) is 4.92. The van der Waals surface area contributed by atoms with Crippen LogP contribution in [0.15, 0.2) is 58.9 Å². The Hall–Kier alpha value is -4.32. The maximum atomic E-state index is 14.1. The minimum absolute atomic E-state index is 0.0597. The number of rotatable bonds is 1. The molecule has 1 unspecified atom stereocenters. The smallest absolute Gasteiger partial charge is 0.185 e. The van der Waals surface area contributed by atoms with E-state index in [4.69, 9.17) is 16.3 Å². The van der Waals surface area contributed by atoms with E-state index >= 15 is 0 Å². The zero-order valence-corrected chi connectivity index (χ0v) is 16.6. The number of nitrogens with zero attached hydrogens (tertiary/aromatic N) is 5. The van der Waals surface area contributed by atoms with Gasteiger partial charge in [0.25, 0.3) is 0 Å². The molecule has 3 heterocycles. The number of aliphatic imine (C=N–C) groups is 1. The van der Waals surface area contributed by atoms with Crippen LogP contribution in [-0.4, -0.2) is 21.4 Å². The van der Waals surface area contributed by atoms with E-state index in [1.807, 2.05) is 12.1 Å². The van der Waals surface area contributed by atoms with Crippen molar-refractivity contribution in [3.8, 4) is 23.1 Å². The monoisotopic (exact) mass is 415 g/mol. The standard InChI is InChI=1S/C22H18FN7O/c1-12-17-8-15(23)4-5-16(17)20-13(3-2-6-27-20)10-28-21(18(9-24)30-26)14-7-19(31-12)22(25)29-11-14/h2-8,11-12H,10,26H2,1H3,(H2,25,29). The molecule has 2 bridgehead atoms. The number of nitrogens with two attached hydrogens (primary N) is 2. The summed E-state index contributed by atoms with van der Waals surface area (Å²) in [5.74, 6) is 5.44. The van der Waals surface area contributed by atoms with E-state index in [1.54, 1.807) is 31.3 Å². The Bertz CT molecular complexity index is 1260. The number of hydrazone groups is 1. The quantitative estimate of drug-likeness (QED) is 0.356. The van der Waals surface area contributed by atoms with Crippen LogP contribution in [0.5, 0.6) is 5.75 Å². The Kier molecular flexibility index (Phi) is 5.28. The van der Waals surface area contributed by atoms with Crippen LogP contribution < -0.4 is 16.3 Å². The second kappa shape index (κ2) is 8.20. The van der Waals surface area contributed by atoms with Crippen LogP contribution in [-0.2, 0) is 6.54 Å². The number of fused-ring (bicyclic) bond motifs is 5. The molecular formula is C22H18FN7O. The van der Waals surface area contributed by atoms with Gasteiger partial charge < -0.3 is 16.3 Å². The molecule has 1 aromatic carbocycles. The maximum absolute atomic E-state index is 14.1. The van der Waals surface area contributed by atoms with Gasteiger partial charge in [0, 0.05) is 29.1 Å². The highest BCUT2D eigenvalue weighted by Gasteiger charge is 2.22. The fourth-order valence-electron chi connectivity index (χ4n) is 3.44. The first-order valence-corrected chi connectivity index (χ1v) is 9.41. The molecule has 0 aliphatic carbocycles. The van der Waals surface area contributed by atoms with Gasteiger partial charge in [0.15, 0.2) is 17.3 Å². The Morgan fingerprint density at radius 1 is 1.29 bits per heavy atom. The summed E-state index contributed by atoms with van der Waals surface area (Å²) in [5, 5.41) is 13.0. The molecule has 3 aromatic rings. The molecule has 4 N–H and O–H groups in total. The summed E-state index contributed by atoms with van der Waals surface area (Å²) in [7, 11) is 0. The number of aromatic nitrogens is 2. The second-order valence-electron chi connectivity index (χ2n) is 6.86. The first-order chi connectivity index (χ1) is 15.0. The number of benzene rings is 1. The van der Waals surface area contributed by atoms with Gasteiger partial charge in [-0.25, -0.2) is 9.37 Å². The van der Waals surface area contributed by atoms with E-state index in [0.717, 1.165) is 5.56 Å². The van der Waals surface area contributed by atoms with Crippen LogP contribution in [0.4, 0.5) is 10.2 Å². The highest BCUT2D eigenvalue weighted by molar-refractivity contribution is 6.53. The van der Waals surface area contributed by atoms with Crippen molar-refractivity contribution in [2.45, 2.75) is 19.6 Å². The van der Waals surface area contributed by atoms with Crippen molar-refractivity contribution < 1.29 is 9.13 Å². The molecule has 154 valence electrons. The second-order valence-corrected chi connectivity index (χ2v) is 6.86. The minimum Gasteiger partial charge on any atom is -0.482 e. The third kappa shape index (κ3) is 3.79. The van der Waals surface area contributed by atoms with Gasteiger partial charge in [0.05, 0.1) is 12.2 Å². The topological polar surface area (TPSA) is 136 Å². The summed E-state index contributed by atoms with van der Waals surface area (Å²) >= 11 is 0. The summed E-state index contributed by atoms with van der Waals surface area (Å²) in [5.41, 5.74) is 9.39. The maximum Gasteiger partial charge on any atom is 0.185 e. The Morgan fingerprint density at radius 3 is 2.90 bits per heavy atom. The average Bonchev–Trinajstić information content (AvgIpc) is 2.78. The number of hydrogen-bond donors (Lipinski definition) is 2. The number of hydrogen-bond acceptors (Lipinski definition) is 8. The van der Waals surface area contributed by atoms with Gasteiger partial charge >= 0.3 is 0 Å². The number of ether oxygens (including phenoxy) is 1. The zero-order valence-electron chi connectivity index (χ0n) is 16.6. The fourth-order valence-corrected chi connectivity index (χ4v) is 3.44. The molecule has 8 nitrogen and oxygen atoms in total. The Labute approximate surface area is 177 Å². The third-order valence-electron chi connectivity index (χ3n) is 4.92. The molecule has 31 heavy (non-hydrogen) atoms. The molecule has 1 atom stereocenters. The van der Waals surface area contributed by atoms with Gasteiger partial charge in [-0.05, 0) is 42.8 Å². The highest BCUT2D eigenvalue weighted by atomic mass is 19.1. The number of nitriles is 1. The van der Waals surface area contributed by atoms with E-state index < -0.39 is 11.9 Å². The average molecular weight is 415 g/mol. The van der Waals surface area contributed by atoms with E-state index in [-0.39, 0.29) is 29.5 Å². The lowest BCUT2D eigenvalue weighted by Crippen LogP contribution is -2.18. The molecule has 0 spiro atoms. The van der Waals surface area contributed by atoms with Gasteiger partial charge in [0.1, 0.15) is 23.7 Å². The lowest BCUT2D eigenvalue weighted by atomic mass is 9.96. The van der Waals surface area contributed by atoms with Gasteiger partial charge in [-0.15, -0.1) is 0 Å². The summed E-state index contributed by atoms with van der Waals surface area (Å²) in [4.78, 5) is 13.3. The van der Waals surface area contributed by atoms with Gasteiger partial charge in [-0.2, -0.15) is 10.4 Å². The largest absolute Gasteiger partial charge is 0.482 e. The predicted molar refractivity (Wildman–Crippen MR) is 115 cm³/mol. The highest BCUT2D eigenvalue weighted by Crippen LogP contribution is 2.34. The summed E-state index contributed by atoms with van der Waals surface area (Å²) < 4.78 is 20.2. The zero-order chi connectivity index (χ0) is 22.0. The molecule has 0 saturated carbocycles. The number of halogens is 1. The Balaban J connectivity index is 2.01. The molecule has 1 aliphatic heterocycles. The molecule has 4 rings (SSSR count). The van der Waals surface area contributed by atoms with Crippen molar-refractivity contribution in [1.29, 1.82) is 5.26 Å². The van der Waals surface area contributed by atoms with Crippen LogP contribution in [0.1, 0.15) is 29.7 Å². The summed E-state index contributed by atoms with van der Waals surface area (Å²) in [6.45, 7) is 1.97. The van der Waals surface area contributed by atoms with Gasteiger partial charge in [-0.3, -0.25) is 9.98 Å². The van der Waals surface area contributed by atoms with Crippen LogP contribution in [0.2, 0.25) is 0 Å². The van der Waals surface area contributed by atoms with Crippen molar-refractivity contribution in [2.24, 2.45) is 15.9 Å². The number of pyridine rings is 2. The normalized spacial score (nSPS) is 15.8. The van der Waals surface area contributed by atoms with E-state index in [2.05, 4.69) is 20.1 Å². The molecule has 0 saturated heterocycles. The summed E-state index contributed by atoms with van der Waals surface area (Å²) in [6.07, 6.45) is 2.55. The van der Waals surface area contributed by atoms with Crippen LogP contribution >= 0.6 is 0 Å². The van der Waals surface area contributed by atoms with Crippen LogP contribution in [0.25, 0.3) is 11.3 Å². The fraction of sp³-hybridized carbons (Fsp3) is 0.136. The van der Waals surface area contributed by atoms with Crippen LogP contribution in [0, 0.1) is 17.1 Å². The predicted octanol–water partition coefficient (Wildman–Crippen LogP) is 3.15. The molecule has 9 heteroatoms. The van der Waals surface area contributed by atoms with Crippen molar-refractivity contribution in [1.82, 2.24) is 9.97 Å². The van der Waals surface area contributed by atoms with Crippen LogP contribution in [0.3, 0.4) is 0 Å². The van der Waals surface area contributed by atoms with E-state index in [9.17, 15) is 9.65 Å². The van der Waals surface area contributed by atoms with Crippen molar-refractivity contribution >= 4 is 17.2 Å². The molecule has 1 aliphatic rings. The molecule has 0 amide bonds. The number of anilines is 1. The van der Waals surface area contributed by atoms with Crippen molar-refractivity contribution in [3.05, 3.63) is 71.3 Å². The molecular weight excluding hydrogens is 397 g/mol. The lowest BCUT2D eigenvalue weighted by molar-refractivity contribution is 0.227.